The Labute approximate surface area is 138 Å². The summed E-state index contributed by atoms with van der Waals surface area (Å²) >= 11 is 15.5. The van der Waals surface area contributed by atoms with Crippen LogP contribution in [-0.2, 0) is 0 Å². The molecule has 0 spiro atoms. The van der Waals surface area contributed by atoms with E-state index in [9.17, 15) is 0 Å². The Balaban J connectivity index is 2.10. The van der Waals surface area contributed by atoms with Crippen LogP contribution in [-0.4, -0.2) is 0 Å². The van der Waals surface area contributed by atoms with Crippen molar-refractivity contribution in [1.29, 1.82) is 0 Å². The van der Waals surface area contributed by atoms with E-state index in [4.69, 9.17) is 23.2 Å². The van der Waals surface area contributed by atoms with Gasteiger partial charge in [0, 0.05) is 16.6 Å². The lowest BCUT2D eigenvalue weighted by Crippen LogP contribution is -2.22. The van der Waals surface area contributed by atoms with Crippen molar-refractivity contribution in [1.82, 2.24) is 5.32 Å². The van der Waals surface area contributed by atoms with Gasteiger partial charge in [0.15, 0.2) is 0 Å². The van der Waals surface area contributed by atoms with Crippen LogP contribution < -0.4 is 5.32 Å². The summed E-state index contributed by atoms with van der Waals surface area (Å²) in [6, 6.07) is 14.5. The van der Waals surface area contributed by atoms with E-state index >= 15 is 0 Å². The second-order valence-electron chi connectivity index (χ2n) is 4.84. The summed E-state index contributed by atoms with van der Waals surface area (Å²) in [7, 11) is 0. The van der Waals surface area contributed by atoms with Gasteiger partial charge in [-0.15, -0.1) is 0 Å². The maximum absolute atomic E-state index is 6.07. The average Bonchev–Trinajstić information content (AvgIpc) is 2.41. The Bertz CT molecular complexity index is 601. The van der Waals surface area contributed by atoms with E-state index in [0.717, 1.165) is 10.0 Å². The van der Waals surface area contributed by atoms with Crippen molar-refractivity contribution in [3.63, 3.8) is 0 Å². The second-order valence-corrected chi connectivity index (χ2v) is 6.57. The summed E-state index contributed by atoms with van der Waals surface area (Å²) in [5, 5.41) is 4.74. The highest BCUT2D eigenvalue weighted by atomic mass is 79.9. The summed E-state index contributed by atoms with van der Waals surface area (Å²) in [5.74, 6) is 0. The van der Waals surface area contributed by atoms with Crippen molar-refractivity contribution < 1.29 is 0 Å². The zero-order chi connectivity index (χ0) is 14.7. The molecule has 0 aliphatic heterocycles. The molecular weight excluding hydrogens is 357 g/mol. The van der Waals surface area contributed by atoms with Crippen LogP contribution in [0.4, 0.5) is 0 Å². The van der Waals surface area contributed by atoms with Crippen molar-refractivity contribution in [2.75, 3.05) is 0 Å². The molecule has 1 N–H and O–H groups in total. The third-order valence-electron chi connectivity index (χ3n) is 3.29. The van der Waals surface area contributed by atoms with Gasteiger partial charge in [-0.25, -0.2) is 0 Å². The van der Waals surface area contributed by atoms with Crippen molar-refractivity contribution in [3.8, 4) is 0 Å². The highest BCUT2D eigenvalue weighted by Gasteiger charge is 2.12. The SMILES string of the molecule is CC(N[C@H](C)c1cccc(Br)c1)c1ccc(Cl)c(Cl)c1. The molecule has 0 heterocycles. The van der Waals surface area contributed by atoms with E-state index in [1.54, 1.807) is 0 Å². The Morgan fingerprint density at radius 2 is 1.55 bits per heavy atom. The van der Waals surface area contributed by atoms with Gasteiger partial charge in [-0.05, 0) is 49.2 Å². The predicted molar refractivity (Wildman–Crippen MR) is 90.6 cm³/mol. The monoisotopic (exact) mass is 371 g/mol. The number of benzene rings is 2. The summed E-state index contributed by atoms with van der Waals surface area (Å²) in [5.41, 5.74) is 2.37. The molecule has 2 aromatic carbocycles. The van der Waals surface area contributed by atoms with Crippen LogP contribution in [0.1, 0.15) is 37.1 Å². The number of rotatable bonds is 4. The predicted octanol–water partition coefficient (Wildman–Crippen LogP) is 6.17. The van der Waals surface area contributed by atoms with Crippen LogP contribution in [0.15, 0.2) is 46.9 Å². The Morgan fingerprint density at radius 3 is 2.15 bits per heavy atom. The highest BCUT2D eigenvalue weighted by molar-refractivity contribution is 9.10. The first-order valence-electron chi connectivity index (χ1n) is 6.44. The van der Waals surface area contributed by atoms with Crippen molar-refractivity contribution >= 4 is 39.1 Å². The van der Waals surface area contributed by atoms with Gasteiger partial charge in [-0.2, -0.15) is 0 Å². The minimum atomic E-state index is 0.193. The van der Waals surface area contributed by atoms with Crippen LogP contribution in [0.25, 0.3) is 0 Å². The molecule has 0 aromatic heterocycles. The summed E-state index contributed by atoms with van der Waals surface area (Å²) in [6.07, 6.45) is 0. The molecule has 0 amide bonds. The topological polar surface area (TPSA) is 12.0 Å². The maximum atomic E-state index is 6.07. The van der Waals surface area contributed by atoms with Crippen LogP contribution in [0, 0.1) is 0 Å². The molecule has 0 radical (unpaired) electrons. The number of halogens is 3. The number of hydrogen-bond donors (Lipinski definition) is 1. The molecule has 2 rings (SSSR count). The van der Waals surface area contributed by atoms with Gasteiger partial charge in [0.1, 0.15) is 0 Å². The van der Waals surface area contributed by atoms with Crippen LogP contribution >= 0.6 is 39.1 Å². The quantitative estimate of drug-likeness (QED) is 0.676. The van der Waals surface area contributed by atoms with E-state index in [2.05, 4.69) is 47.2 Å². The van der Waals surface area contributed by atoms with Crippen molar-refractivity contribution in [2.45, 2.75) is 25.9 Å². The lowest BCUT2D eigenvalue weighted by molar-refractivity contribution is 0.494. The summed E-state index contributed by atoms with van der Waals surface area (Å²) in [6.45, 7) is 4.27. The fourth-order valence-corrected chi connectivity index (χ4v) is 2.85. The van der Waals surface area contributed by atoms with E-state index in [-0.39, 0.29) is 12.1 Å². The second kappa shape index (κ2) is 6.95. The van der Waals surface area contributed by atoms with Gasteiger partial charge in [-0.1, -0.05) is 57.3 Å². The third kappa shape index (κ3) is 3.98. The lowest BCUT2D eigenvalue weighted by Gasteiger charge is -2.21. The molecule has 0 saturated carbocycles. The molecule has 20 heavy (non-hydrogen) atoms. The van der Waals surface area contributed by atoms with Gasteiger partial charge >= 0.3 is 0 Å². The van der Waals surface area contributed by atoms with Gasteiger partial charge in [0.2, 0.25) is 0 Å². The molecule has 0 fully saturated rings. The van der Waals surface area contributed by atoms with Crippen LogP contribution in [0.5, 0.6) is 0 Å². The molecule has 1 unspecified atom stereocenters. The largest absolute Gasteiger partial charge is 0.304 e. The maximum Gasteiger partial charge on any atom is 0.0595 e. The van der Waals surface area contributed by atoms with Crippen LogP contribution in [0.2, 0.25) is 10.0 Å². The summed E-state index contributed by atoms with van der Waals surface area (Å²) in [4.78, 5) is 0. The van der Waals surface area contributed by atoms with Crippen LogP contribution in [0.3, 0.4) is 0 Å². The molecule has 4 heteroatoms. The number of hydrogen-bond acceptors (Lipinski definition) is 1. The van der Waals surface area contributed by atoms with Crippen molar-refractivity contribution in [3.05, 3.63) is 68.1 Å². The van der Waals surface area contributed by atoms with Gasteiger partial charge in [0.05, 0.1) is 10.0 Å². The molecule has 106 valence electrons. The van der Waals surface area contributed by atoms with E-state index < -0.39 is 0 Å². The highest BCUT2D eigenvalue weighted by Crippen LogP contribution is 2.27. The fraction of sp³-hybridized carbons (Fsp3) is 0.250. The Morgan fingerprint density at radius 1 is 0.900 bits per heavy atom. The molecule has 0 aliphatic rings. The lowest BCUT2D eigenvalue weighted by atomic mass is 10.0. The first-order chi connectivity index (χ1) is 9.47. The van der Waals surface area contributed by atoms with Crippen molar-refractivity contribution in [2.24, 2.45) is 0 Å². The molecule has 2 atom stereocenters. The smallest absolute Gasteiger partial charge is 0.0595 e. The molecular formula is C16H16BrCl2N. The van der Waals surface area contributed by atoms with E-state index in [0.29, 0.717) is 10.0 Å². The number of nitrogens with one attached hydrogen (secondary N) is 1. The average molecular weight is 373 g/mol. The Kier molecular flexibility index (Phi) is 5.50. The zero-order valence-electron chi connectivity index (χ0n) is 11.3. The summed E-state index contributed by atoms with van der Waals surface area (Å²) < 4.78 is 1.09. The van der Waals surface area contributed by atoms with Gasteiger partial charge in [0.25, 0.3) is 0 Å². The fourth-order valence-electron chi connectivity index (χ4n) is 2.13. The normalized spacial score (nSPS) is 14.1. The van der Waals surface area contributed by atoms with Gasteiger partial charge < -0.3 is 5.32 Å². The Hall–Kier alpha value is -0.540. The van der Waals surface area contributed by atoms with E-state index in [1.165, 1.54) is 5.56 Å². The minimum absolute atomic E-state index is 0.193. The molecule has 0 saturated heterocycles. The third-order valence-corrected chi connectivity index (χ3v) is 4.52. The minimum Gasteiger partial charge on any atom is -0.304 e. The zero-order valence-corrected chi connectivity index (χ0v) is 14.4. The molecule has 2 aromatic rings. The molecule has 1 nitrogen and oxygen atoms in total. The van der Waals surface area contributed by atoms with E-state index in [1.807, 2.05) is 30.3 Å². The molecule has 0 bridgehead atoms. The first kappa shape index (κ1) is 15.8. The standard InChI is InChI=1S/C16H16BrCl2N/c1-10(12-4-3-5-14(17)8-12)20-11(2)13-6-7-15(18)16(19)9-13/h3-11,20H,1-2H3/t10-,11?/m1/s1. The van der Waals surface area contributed by atoms with Gasteiger partial charge in [-0.3, -0.25) is 0 Å². The first-order valence-corrected chi connectivity index (χ1v) is 7.98. The molecule has 0 aliphatic carbocycles.